The summed E-state index contributed by atoms with van der Waals surface area (Å²) in [5.41, 5.74) is -2.36. The molecule has 8 nitrogen and oxygen atoms in total. The van der Waals surface area contributed by atoms with E-state index in [1.807, 2.05) is 6.92 Å². The number of hydrogen-bond donors (Lipinski definition) is 2. The normalized spacial score (nSPS) is 15.4. The molecule has 0 bridgehead atoms. The lowest BCUT2D eigenvalue weighted by molar-refractivity contribution is -0.153. The van der Waals surface area contributed by atoms with Gasteiger partial charge in [0.1, 0.15) is 23.4 Å². The molecule has 0 saturated heterocycles. The predicted molar refractivity (Wildman–Crippen MR) is 112 cm³/mol. The van der Waals surface area contributed by atoms with Gasteiger partial charge in [0, 0.05) is 17.0 Å². The maximum absolute atomic E-state index is 13.5. The fourth-order valence-corrected chi connectivity index (χ4v) is 4.57. The summed E-state index contributed by atoms with van der Waals surface area (Å²) in [5.74, 6) is -1.60. The molecule has 1 unspecified atom stereocenters. The predicted octanol–water partition coefficient (Wildman–Crippen LogP) is 3.38. The fourth-order valence-electron chi connectivity index (χ4n) is 3.61. The van der Waals surface area contributed by atoms with Crippen LogP contribution in [0.3, 0.4) is 0 Å². The van der Waals surface area contributed by atoms with Crippen LogP contribution in [0.25, 0.3) is 10.2 Å². The van der Waals surface area contributed by atoms with E-state index >= 15 is 0 Å². The van der Waals surface area contributed by atoms with Crippen molar-refractivity contribution in [3.8, 4) is 6.01 Å². The Kier molecular flexibility index (Phi) is 6.76. The summed E-state index contributed by atoms with van der Waals surface area (Å²) in [5, 5.41) is 19.1. The van der Waals surface area contributed by atoms with Crippen LogP contribution in [-0.2, 0) is 31.7 Å². The standard InChI is InChI=1S/C20H19F6N5O3S/c1-2-10-5-12-15(29-18(30-16(12)35-10)34-8-9(33)7-32)31-4-3-11-13(6-31)27-17(20(24,25)26)28-14(11)19(21,22)23/h5,9,32-33H,2-4,6-8H2,1H3. The monoisotopic (exact) mass is 523 g/mol. The first-order valence-electron chi connectivity index (χ1n) is 10.4. The third-order valence-electron chi connectivity index (χ3n) is 5.25. The average molecular weight is 523 g/mol. The van der Waals surface area contributed by atoms with E-state index in [1.165, 1.54) is 16.2 Å². The van der Waals surface area contributed by atoms with E-state index in [9.17, 15) is 31.4 Å². The molecule has 1 aliphatic rings. The number of aryl methyl sites for hydroxylation is 1. The van der Waals surface area contributed by atoms with E-state index < -0.39 is 36.6 Å². The lowest BCUT2D eigenvalue weighted by atomic mass is 10.0. The van der Waals surface area contributed by atoms with Gasteiger partial charge in [-0.1, -0.05) is 6.92 Å². The number of hydrogen-bond acceptors (Lipinski definition) is 9. The highest BCUT2D eigenvalue weighted by atomic mass is 32.1. The molecule has 3 aromatic heterocycles. The lowest BCUT2D eigenvalue weighted by Crippen LogP contribution is -2.35. The summed E-state index contributed by atoms with van der Waals surface area (Å²) in [6, 6.07) is 1.66. The van der Waals surface area contributed by atoms with Crippen molar-refractivity contribution >= 4 is 27.4 Å². The highest BCUT2D eigenvalue weighted by molar-refractivity contribution is 7.18. The van der Waals surface area contributed by atoms with Crippen LogP contribution in [-0.4, -0.2) is 56.0 Å². The van der Waals surface area contributed by atoms with Gasteiger partial charge in [0.2, 0.25) is 5.82 Å². The summed E-state index contributed by atoms with van der Waals surface area (Å²) in [6.07, 6.45) is -11.0. The molecule has 0 amide bonds. The number of anilines is 1. The second kappa shape index (κ2) is 9.35. The van der Waals surface area contributed by atoms with Gasteiger partial charge in [-0.25, -0.2) is 9.97 Å². The number of ether oxygens (including phenoxy) is 1. The number of rotatable bonds is 6. The lowest BCUT2D eigenvalue weighted by Gasteiger charge is -2.31. The fraction of sp³-hybridized carbons (Fsp3) is 0.500. The van der Waals surface area contributed by atoms with Gasteiger partial charge in [-0.15, -0.1) is 11.3 Å². The molecule has 4 rings (SSSR count). The molecule has 15 heteroatoms. The zero-order valence-electron chi connectivity index (χ0n) is 18.1. The highest BCUT2D eigenvalue weighted by Crippen LogP contribution is 2.39. The van der Waals surface area contributed by atoms with Crippen molar-refractivity contribution in [1.29, 1.82) is 0 Å². The molecular weight excluding hydrogens is 504 g/mol. The Bertz CT molecular complexity index is 1230. The van der Waals surface area contributed by atoms with Crippen molar-refractivity contribution in [3.05, 3.63) is 33.7 Å². The van der Waals surface area contributed by atoms with Crippen LogP contribution in [0.5, 0.6) is 6.01 Å². The van der Waals surface area contributed by atoms with E-state index in [0.717, 1.165) is 4.88 Å². The minimum absolute atomic E-state index is 0.00687. The third-order valence-corrected chi connectivity index (χ3v) is 6.43. The average Bonchev–Trinajstić information content (AvgIpc) is 3.22. The molecule has 0 spiro atoms. The molecule has 0 saturated carbocycles. The van der Waals surface area contributed by atoms with Crippen molar-refractivity contribution in [2.45, 2.75) is 44.8 Å². The maximum atomic E-state index is 13.5. The van der Waals surface area contributed by atoms with Crippen LogP contribution >= 0.6 is 11.3 Å². The van der Waals surface area contributed by atoms with E-state index in [2.05, 4.69) is 19.9 Å². The van der Waals surface area contributed by atoms with Crippen LogP contribution in [0.1, 0.15) is 34.6 Å². The van der Waals surface area contributed by atoms with Crippen molar-refractivity contribution in [2.75, 3.05) is 24.7 Å². The summed E-state index contributed by atoms with van der Waals surface area (Å²) in [6.45, 7) is 0.685. The molecule has 2 N–H and O–H groups in total. The first-order valence-corrected chi connectivity index (χ1v) is 11.2. The molecule has 190 valence electrons. The molecule has 3 aromatic rings. The minimum atomic E-state index is -5.16. The Hall–Kier alpha value is -2.78. The van der Waals surface area contributed by atoms with Crippen molar-refractivity contribution < 1.29 is 41.3 Å². The molecule has 1 atom stereocenters. The molecule has 1 aliphatic heterocycles. The Balaban J connectivity index is 1.78. The summed E-state index contributed by atoms with van der Waals surface area (Å²) >= 11 is 1.33. The molecule has 4 heterocycles. The number of fused-ring (bicyclic) bond motifs is 2. The van der Waals surface area contributed by atoms with Crippen molar-refractivity contribution in [2.24, 2.45) is 0 Å². The largest absolute Gasteiger partial charge is 0.461 e. The van der Waals surface area contributed by atoms with Gasteiger partial charge in [0.15, 0.2) is 5.69 Å². The quantitative estimate of drug-likeness (QED) is 0.474. The maximum Gasteiger partial charge on any atom is 0.451 e. The molecule has 0 aromatic carbocycles. The van der Waals surface area contributed by atoms with Crippen LogP contribution in [0.2, 0.25) is 0 Å². The van der Waals surface area contributed by atoms with Crippen molar-refractivity contribution in [3.63, 3.8) is 0 Å². The number of alkyl halides is 6. The smallest absolute Gasteiger partial charge is 0.451 e. The van der Waals surface area contributed by atoms with Crippen LogP contribution < -0.4 is 9.64 Å². The van der Waals surface area contributed by atoms with Gasteiger partial charge in [-0.2, -0.15) is 36.3 Å². The van der Waals surface area contributed by atoms with Gasteiger partial charge in [0.25, 0.3) is 0 Å². The zero-order chi connectivity index (χ0) is 25.5. The Labute approximate surface area is 198 Å². The Morgan fingerprint density at radius 2 is 1.86 bits per heavy atom. The van der Waals surface area contributed by atoms with E-state index in [-0.39, 0.29) is 49.2 Å². The molecule has 0 aliphatic carbocycles. The Morgan fingerprint density at radius 1 is 1.11 bits per heavy atom. The first-order chi connectivity index (χ1) is 16.4. The number of nitrogens with zero attached hydrogens (tertiary/aromatic N) is 5. The van der Waals surface area contributed by atoms with Crippen molar-refractivity contribution in [1.82, 2.24) is 19.9 Å². The number of halogens is 6. The Morgan fingerprint density at radius 3 is 2.49 bits per heavy atom. The second-order valence-corrected chi connectivity index (χ2v) is 8.87. The van der Waals surface area contributed by atoms with E-state index in [0.29, 0.717) is 16.6 Å². The van der Waals surface area contributed by atoms with Crippen LogP contribution in [0.15, 0.2) is 6.07 Å². The highest BCUT2D eigenvalue weighted by Gasteiger charge is 2.43. The summed E-state index contributed by atoms with van der Waals surface area (Å²) in [4.78, 5) is 17.7. The van der Waals surface area contributed by atoms with E-state index in [1.54, 1.807) is 6.07 Å². The van der Waals surface area contributed by atoms with Crippen LogP contribution in [0, 0.1) is 0 Å². The first kappa shape index (κ1) is 25.3. The number of aromatic nitrogens is 4. The van der Waals surface area contributed by atoms with Gasteiger partial charge >= 0.3 is 18.4 Å². The number of aliphatic hydroxyl groups excluding tert-OH is 2. The van der Waals surface area contributed by atoms with Gasteiger partial charge in [0.05, 0.1) is 24.2 Å². The SMILES string of the molecule is CCc1cc2c(N3CCc4c(nc(C(F)(F)F)nc4C(F)(F)F)C3)nc(OCC(O)CO)nc2s1. The van der Waals surface area contributed by atoms with Gasteiger partial charge in [-0.05, 0) is 18.9 Å². The summed E-state index contributed by atoms with van der Waals surface area (Å²) < 4.78 is 85.6. The summed E-state index contributed by atoms with van der Waals surface area (Å²) in [7, 11) is 0. The third kappa shape index (κ3) is 5.26. The number of aliphatic hydroxyl groups is 2. The number of thiophene rings is 1. The molecule has 35 heavy (non-hydrogen) atoms. The molecule has 0 fully saturated rings. The molecule has 0 radical (unpaired) electrons. The minimum Gasteiger partial charge on any atom is -0.461 e. The second-order valence-electron chi connectivity index (χ2n) is 7.75. The van der Waals surface area contributed by atoms with Gasteiger partial charge < -0.3 is 19.8 Å². The van der Waals surface area contributed by atoms with E-state index in [4.69, 9.17) is 9.84 Å². The zero-order valence-corrected chi connectivity index (χ0v) is 18.9. The molecular formula is C20H19F6N5O3S. The van der Waals surface area contributed by atoms with Crippen LogP contribution in [0.4, 0.5) is 32.2 Å². The van der Waals surface area contributed by atoms with Gasteiger partial charge in [-0.3, -0.25) is 0 Å². The topological polar surface area (TPSA) is 104 Å².